The van der Waals surface area contributed by atoms with E-state index in [9.17, 15) is 9.18 Å². The third kappa shape index (κ3) is 4.95. The molecule has 1 aliphatic heterocycles. The molecule has 3 aromatic rings. The summed E-state index contributed by atoms with van der Waals surface area (Å²) < 4.78 is 13.0. The summed E-state index contributed by atoms with van der Waals surface area (Å²) in [4.78, 5) is 14.5. The predicted molar refractivity (Wildman–Crippen MR) is 113 cm³/mol. The molecular weight excluding hydrogens is 391 g/mol. The molecule has 2 N–H and O–H groups in total. The van der Waals surface area contributed by atoms with Crippen LogP contribution < -0.4 is 10.2 Å². The Balaban J connectivity index is 1.28. The molecule has 0 atom stereocenters. The quantitative estimate of drug-likeness (QED) is 0.660. The van der Waals surface area contributed by atoms with Gasteiger partial charge in [-0.05, 0) is 48.2 Å². The Morgan fingerprint density at radius 1 is 1.14 bits per heavy atom. The van der Waals surface area contributed by atoms with Crippen LogP contribution in [0.25, 0.3) is 11.3 Å². The van der Waals surface area contributed by atoms with E-state index in [0.717, 1.165) is 48.6 Å². The smallest absolute Gasteiger partial charge is 0.224 e. The highest BCUT2D eigenvalue weighted by Crippen LogP contribution is 2.25. The van der Waals surface area contributed by atoms with Crippen LogP contribution in [0.3, 0.4) is 0 Å². The third-order valence-corrected chi connectivity index (χ3v) is 5.43. The minimum atomic E-state index is -0.292. The molecule has 2 heterocycles. The standard InChI is InChI=1S/C22H22ClFN4O/c23-17-5-3-16(4-6-17)20-14-21(27-26-20)28-11-9-19(10-12-28)25-22(29)13-15-1-7-18(24)8-2-15/h1-8,14,19H,9-13H2,(H,25,29)(H,26,27). The molecule has 0 aliphatic carbocycles. The Morgan fingerprint density at radius 2 is 1.83 bits per heavy atom. The van der Waals surface area contributed by atoms with E-state index in [4.69, 9.17) is 11.6 Å². The minimum Gasteiger partial charge on any atom is -0.355 e. The molecule has 1 saturated heterocycles. The molecule has 0 saturated carbocycles. The number of halogens is 2. The molecule has 0 radical (unpaired) electrons. The van der Waals surface area contributed by atoms with Gasteiger partial charge in [-0.15, -0.1) is 0 Å². The van der Waals surface area contributed by atoms with Gasteiger partial charge in [-0.3, -0.25) is 9.89 Å². The maximum absolute atomic E-state index is 13.0. The fraction of sp³-hybridized carbons (Fsp3) is 0.273. The lowest BCUT2D eigenvalue weighted by Gasteiger charge is -2.32. The molecule has 0 spiro atoms. The lowest BCUT2D eigenvalue weighted by molar-refractivity contribution is -0.121. The van der Waals surface area contributed by atoms with Crippen molar-refractivity contribution in [3.05, 3.63) is 71.0 Å². The van der Waals surface area contributed by atoms with Crippen molar-refractivity contribution in [1.82, 2.24) is 15.5 Å². The first-order chi connectivity index (χ1) is 14.1. The number of piperidine rings is 1. The van der Waals surface area contributed by atoms with Crippen LogP contribution in [0.15, 0.2) is 54.6 Å². The zero-order chi connectivity index (χ0) is 20.2. The van der Waals surface area contributed by atoms with Crippen molar-refractivity contribution < 1.29 is 9.18 Å². The van der Waals surface area contributed by atoms with Gasteiger partial charge in [0.05, 0.1) is 12.1 Å². The topological polar surface area (TPSA) is 61.0 Å². The van der Waals surface area contributed by atoms with Gasteiger partial charge in [0, 0.05) is 30.2 Å². The molecule has 0 unspecified atom stereocenters. The van der Waals surface area contributed by atoms with Gasteiger partial charge in [0.1, 0.15) is 5.82 Å². The van der Waals surface area contributed by atoms with Crippen molar-refractivity contribution in [3.8, 4) is 11.3 Å². The van der Waals surface area contributed by atoms with E-state index in [2.05, 4.69) is 20.4 Å². The fourth-order valence-corrected chi connectivity index (χ4v) is 3.70. The van der Waals surface area contributed by atoms with Crippen LogP contribution in [0.4, 0.5) is 10.2 Å². The highest BCUT2D eigenvalue weighted by Gasteiger charge is 2.22. The molecule has 29 heavy (non-hydrogen) atoms. The summed E-state index contributed by atoms with van der Waals surface area (Å²) in [6.45, 7) is 1.65. The monoisotopic (exact) mass is 412 g/mol. The lowest BCUT2D eigenvalue weighted by Crippen LogP contribution is -2.45. The molecule has 1 amide bonds. The number of nitrogens with one attached hydrogen (secondary N) is 2. The van der Waals surface area contributed by atoms with Crippen molar-refractivity contribution >= 4 is 23.3 Å². The number of aromatic nitrogens is 2. The van der Waals surface area contributed by atoms with E-state index < -0.39 is 0 Å². The van der Waals surface area contributed by atoms with E-state index in [-0.39, 0.29) is 24.2 Å². The van der Waals surface area contributed by atoms with Gasteiger partial charge < -0.3 is 10.2 Å². The maximum atomic E-state index is 13.0. The summed E-state index contributed by atoms with van der Waals surface area (Å²) in [5.74, 6) is 0.588. The number of nitrogens with zero attached hydrogens (tertiary/aromatic N) is 2. The van der Waals surface area contributed by atoms with Crippen LogP contribution in [-0.2, 0) is 11.2 Å². The van der Waals surface area contributed by atoms with Crippen LogP contribution in [0.5, 0.6) is 0 Å². The van der Waals surface area contributed by atoms with E-state index in [1.807, 2.05) is 30.3 Å². The van der Waals surface area contributed by atoms with Gasteiger partial charge in [0.25, 0.3) is 0 Å². The maximum Gasteiger partial charge on any atom is 0.224 e. The van der Waals surface area contributed by atoms with Gasteiger partial charge in [0.15, 0.2) is 5.82 Å². The number of carbonyl (C=O) groups is 1. The summed E-state index contributed by atoms with van der Waals surface area (Å²) in [6.07, 6.45) is 1.99. The van der Waals surface area contributed by atoms with Crippen molar-refractivity contribution in [2.24, 2.45) is 0 Å². The van der Waals surface area contributed by atoms with Crippen LogP contribution in [0.1, 0.15) is 18.4 Å². The number of H-pyrrole nitrogens is 1. The Labute approximate surface area is 173 Å². The van der Waals surface area contributed by atoms with E-state index >= 15 is 0 Å². The molecule has 2 aromatic carbocycles. The Bertz CT molecular complexity index is 963. The predicted octanol–water partition coefficient (Wildman–Crippen LogP) is 4.20. The molecule has 1 aliphatic rings. The van der Waals surface area contributed by atoms with Crippen molar-refractivity contribution in [3.63, 3.8) is 0 Å². The lowest BCUT2D eigenvalue weighted by atomic mass is 10.0. The number of aromatic amines is 1. The van der Waals surface area contributed by atoms with Crippen LogP contribution in [0, 0.1) is 5.82 Å². The molecule has 1 fully saturated rings. The molecular formula is C22H22ClFN4O. The van der Waals surface area contributed by atoms with E-state index in [0.29, 0.717) is 5.02 Å². The van der Waals surface area contributed by atoms with Crippen LogP contribution in [-0.4, -0.2) is 35.2 Å². The number of rotatable bonds is 5. The Hall–Kier alpha value is -2.86. The number of hydrogen-bond donors (Lipinski definition) is 2. The summed E-state index contributed by atoms with van der Waals surface area (Å²) >= 11 is 5.95. The average Bonchev–Trinajstić information content (AvgIpc) is 3.21. The second kappa shape index (κ2) is 8.66. The zero-order valence-electron chi connectivity index (χ0n) is 15.9. The van der Waals surface area contributed by atoms with E-state index in [1.165, 1.54) is 12.1 Å². The minimum absolute atomic E-state index is 0.0279. The molecule has 0 bridgehead atoms. The largest absolute Gasteiger partial charge is 0.355 e. The normalized spacial score (nSPS) is 14.8. The number of carbonyl (C=O) groups excluding carboxylic acids is 1. The van der Waals surface area contributed by atoms with Crippen LogP contribution >= 0.6 is 11.6 Å². The Kier molecular flexibility index (Phi) is 5.81. The molecule has 7 heteroatoms. The van der Waals surface area contributed by atoms with Crippen molar-refractivity contribution in [1.29, 1.82) is 0 Å². The highest BCUT2D eigenvalue weighted by molar-refractivity contribution is 6.30. The number of amides is 1. The van der Waals surface area contributed by atoms with Gasteiger partial charge in [-0.25, -0.2) is 4.39 Å². The molecule has 1 aromatic heterocycles. The number of benzene rings is 2. The average molecular weight is 413 g/mol. The summed E-state index contributed by atoms with van der Waals surface area (Å²) in [6, 6.07) is 15.9. The van der Waals surface area contributed by atoms with E-state index in [1.54, 1.807) is 12.1 Å². The van der Waals surface area contributed by atoms with Crippen molar-refractivity contribution in [2.45, 2.75) is 25.3 Å². The summed E-state index contributed by atoms with van der Waals surface area (Å²) in [5, 5.41) is 11.3. The molecule has 5 nitrogen and oxygen atoms in total. The second-order valence-corrected chi connectivity index (χ2v) is 7.72. The first-order valence-corrected chi connectivity index (χ1v) is 10.0. The number of hydrogen-bond acceptors (Lipinski definition) is 3. The first-order valence-electron chi connectivity index (χ1n) is 9.67. The molecule has 4 rings (SSSR count). The third-order valence-electron chi connectivity index (χ3n) is 5.18. The van der Waals surface area contributed by atoms with Gasteiger partial charge in [-0.1, -0.05) is 35.9 Å². The Morgan fingerprint density at radius 3 is 2.52 bits per heavy atom. The number of anilines is 1. The summed E-state index contributed by atoms with van der Waals surface area (Å²) in [7, 11) is 0. The highest BCUT2D eigenvalue weighted by atomic mass is 35.5. The van der Waals surface area contributed by atoms with Gasteiger partial charge in [-0.2, -0.15) is 5.10 Å². The van der Waals surface area contributed by atoms with Gasteiger partial charge >= 0.3 is 0 Å². The van der Waals surface area contributed by atoms with Crippen LogP contribution in [0.2, 0.25) is 5.02 Å². The summed E-state index contributed by atoms with van der Waals surface area (Å²) in [5.41, 5.74) is 2.80. The van der Waals surface area contributed by atoms with Crippen molar-refractivity contribution in [2.75, 3.05) is 18.0 Å². The first kappa shape index (κ1) is 19.5. The molecule has 150 valence electrons. The fourth-order valence-electron chi connectivity index (χ4n) is 3.57. The SMILES string of the molecule is O=C(Cc1ccc(F)cc1)NC1CCN(c2cc(-c3ccc(Cl)cc3)[nH]n2)CC1. The van der Waals surface area contributed by atoms with Gasteiger partial charge in [0.2, 0.25) is 5.91 Å². The zero-order valence-corrected chi connectivity index (χ0v) is 16.6. The second-order valence-electron chi connectivity index (χ2n) is 7.28.